The van der Waals surface area contributed by atoms with Crippen LogP contribution < -0.4 is 5.32 Å². The van der Waals surface area contributed by atoms with Crippen LogP contribution in [0.4, 0.5) is 19.0 Å². The quantitative estimate of drug-likeness (QED) is 0.433. The Labute approximate surface area is 215 Å². The summed E-state index contributed by atoms with van der Waals surface area (Å²) in [6, 6.07) is 15.3. The highest BCUT2D eigenvalue weighted by molar-refractivity contribution is 5.99. The number of benzene rings is 2. The largest absolute Gasteiger partial charge is 0.410 e. The third kappa shape index (κ3) is 5.24. The second-order valence-electron chi connectivity index (χ2n) is 11.3. The number of likely N-dealkylation sites (tertiary alicyclic amines) is 1. The molecule has 2 aliphatic heterocycles. The van der Waals surface area contributed by atoms with E-state index in [1.165, 1.54) is 17.3 Å². The Morgan fingerprint density at radius 1 is 1.05 bits per heavy atom. The first-order valence-corrected chi connectivity index (χ1v) is 12.8. The molecule has 0 radical (unpaired) electrons. The normalized spacial score (nSPS) is 22.0. The number of carbonyl (C=O) groups excluding carboxylic acids is 1. The van der Waals surface area contributed by atoms with Crippen LogP contribution >= 0.6 is 0 Å². The summed E-state index contributed by atoms with van der Waals surface area (Å²) in [5, 5.41) is 7.22. The number of nitrogens with zero attached hydrogens (tertiary/aromatic N) is 3. The molecule has 1 fully saturated rings. The second-order valence-corrected chi connectivity index (χ2v) is 11.3. The van der Waals surface area contributed by atoms with E-state index in [9.17, 15) is 18.0 Å². The number of fused-ring (bicyclic) bond motifs is 1. The summed E-state index contributed by atoms with van der Waals surface area (Å²) in [5.41, 5.74) is 3.56. The lowest BCUT2D eigenvalue weighted by molar-refractivity contribution is -0.173. The Morgan fingerprint density at radius 2 is 1.76 bits per heavy atom. The Hall–Kier alpha value is -3.29. The first kappa shape index (κ1) is 25.4. The predicted octanol–water partition coefficient (Wildman–Crippen LogP) is 6.55. The van der Waals surface area contributed by atoms with Gasteiger partial charge in [-0.3, -0.25) is 4.79 Å². The number of hydrogen-bond donors (Lipinski definition) is 1. The van der Waals surface area contributed by atoms with Gasteiger partial charge in [0.05, 0.1) is 12.2 Å². The molecule has 0 aliphatic carbocycles. The standard InChI is InChI=1S/C29H33F3N4O/c1-28(2,3)22-11-9-19(10-12-22)15-20-13-14-35(18-20)27(37)23-17-33-36-25(29(30,31)32)16-24(34-26(23)36)21-7-5-4-6-8-21/h4-12,17,20,24-25,34H,13-16,18H2,1-3H3. The van der Waals surface area contributed by atoms with Crippen LogP contribution in [0.3, 0.4) is 0 Å². The average Bonchev–Trinajstić information content (AvgIpc) is 3.50. The van der Waals surface area contributed by atoms with Gasteiger partial charge in [-0.1, -0.05) is 75.4 Å². The zero-order chi connectivity index (χ0) is 26.4. The molecule has 196 valence electrons. The molecule has 8 heteroatoms. The number of aromatic nitrogens is 2. The van der Waals surface area contributed by atoms with E-state index in [1.54, 1.807) is 29.2 Å². The van der Waals surface area contributed by atoms with Crippen molar-refractivity contribution in [2.24, 2.45) is 5.92 Å². The zero-order valence-corrected chi connectivity index (χ0v) is 21.4. The lowest BCUT2D eigenvalue weighted by atomic mass is 9.86. The molecule has 3 aromatic rings. The highest BCUT2D eigenvalue weighted by Crippen LogP contribution is 2.44. The zero-order valence-electron chi connectivity index (χ0n) is 21.4. The summed E-state index contributed by atoms with van der Waals surface area (Å²) in [7, 11) is 0. The molecule has 0 bridgehead atoms. The first-order chi connectivity index (χ1) is 17.5. The topological polar surface area (TPSA) is 50.2 Å². The fourth-order valence-electron chi connectivity index (χ4n) is 5.45. The van der Waals surface area contributed by atoms with Gasteiger partial charge in [-0.15, -0.1) is 0 Å². The van der Waals surface area contributed by atoms with Crippen molar-refractivity contribution in [2.45, 2.75) is 63.7 Å². The van der Waals surface area contributed by atoms with Crippen molar-refractivity contribution in [3.63, 3.8) is 0 Å². The molecule has 3 heterocycles. The van der Waals surface area contributed by atoms with Gasteiger partial charge in [0.2, 0.25) is 0 Å². The van der Waals surface area contributed by atoms with E-state index < -0.39 is 18.3 Å². The molecule has 2 aromatic carbocycles. The van der Waals surface area contributed by atoms with Crippen LogP contribution in [0.5, 0.6) is 0 Å². The third-order valence-corrected chi connectivity index (χ3v) is 7.59. The van der Waals surface area contributed by atoms with Crippen molar-refractivity contribution >= 4 is 11.7 Å². The van der Waals surface area contributed by atoms with Crippen molar-refractivity contribution < 1.29 is 18.0 Å². The SMILES string of the molecule is CC(C)(C)c1ccc(CC2CCN(C(=O)c3cnn4c3NC(c3ccccc3)CC4C(F)(F)F)C2)cc1. The fourth-order valence-corrected chi connectivity index (χ4v) is 5.45. The van der Waals surface area contributed by atoms with Crippen LogP contribution in [0.15, 0.2) is 60.8 Å². The Kier molecular flexibility index (Phi) is 6.54. The van der Waals surface area contributed by atoms with E-state index in [4.69, 9.17) is 0 Å². The number of nitrogens with one attached hydrogen (secondary N) is 1. The highest BCUT2D eigenvalue weighted by atomic mass is 19.4. The number of carbonyl (C=O) groups is 1. The molecule has 1 saturated heterocycles. The van der Waals surface area contributed by atoms with Gasteiger partial charge < -0.3 is 10.2 Å². The third-order valence-electron chi connectivity index (χ3n) is 7.59. The molecule has 0 spiro atoms. The van der Waals surface area contributed by atoms with E-state index in [1.807, 2.05) is 6.07 Å². The van der Waals surface area contributed by atoms with Gasteiger partial charge in [-0.05, 0) is 40.9 Å². The molecular weight excluding hydrogens is 477 g/mol. The van der Waals surface area contributed by atoms with Crippen LogP contribution in [0.1, 0.15) is 72.7 Å². The number of halogens is 3. The van der Waals surface area contributed by atoms with E-state index >= 15 is 0 Å². The maximum atomic E-state index is 14.0. The van der Waals surface area contributed by atoms with Gasteiger partial charge in [0.25, 0.3) is 5.91 Å². The lowest BCUT2D eigenvalue weighted by Crippen LogP contribution is -2.37. The van der Waals surface area contributed by atoms with Gasteiger partial charge >= 0.3 is 6.18 Å². The monoisotopic (exact) mass is 510 g/mol. The molecule has 37 heavy (non-hydrogen) atoms. The Bertz CT molecular complexity index is 1240. The molecule has 2 aliphatic rings. The first-order valence-electron chi connectivity index (χ1n) is 12.8. The minimum Gasteiger partial charge on any atom is -0.363 e. The number of hydrogen-bond acceptors (Lipinski definition) is 3. The molecule has 5 nitrogen and oxygen atoms in total. The minimum atomic E-state index is -4.47. The van der Waals surface area contributed by atoms with Crippen molar-refractivity contribution in [1.29, 1.82) is 0 Å². The highest BCUT2D eigenvalue weighted by Gasteiger charge is 2.47. The van der Waals surface area contributed by atoms with Gasteiger partial charge in [0.15, 0.2) is 6.04 Å². The van der Waals surface area contributed by atoms with Crippen LogP contribution in [-0.2, 0) is 11.8 Å². The van der Waals surface area contributed by atoms with E-state index in [2.05, 4.69) is 55.5 Å². The van der Waals surface area contributed by atoms with E-state index in [0.717, 1.165) is 23.1 Å². The molecule has 1 N–H and O–H groups in total. The average molecular weight is 511 g/mol. The van der Waals surface area contributed by atoms with Crippen LogP contribution in [0.2, 0.25) is 0 Å². The fraction of sp³-hybridized carbons (Fsp3) is 0.448. The molecule has 3 unspecified atom stereocenters. The summed E-state index contributed by atoms with van der Waals surface area (Å²) in [4.78, 5) is 15.2. The van der Waals surface area contributed by atoms with Crippen LogP contribution in [0.25, 0.3) is 0 Å². The lowest BCUT2D eigenvalue weighted by Gasteiger charge is -2.34. The van der Waals surface area contributed by atoms with Crippen molar-refractivity contribution in [3.05, 3.63) is 83.0 Å². The summed E-state index contributed by atoms with van der Waals surface area (Å²) >= 11 is 0. The van der Waals surface area contributed by atoms with E-state index in [0.29, 0.717) is 19.0 Å². The van der Waals surface area contributed by atoms with Gasteiger partial charge in [-0.25, -0.2) is 4.68 Å². The molecule has 1 amide bonds. The van der Waals surface area contributed by atoms with Crippen molar-refractivity contribution in [1.82, 2.24) is 14.7 Å². The smallest absolute Gasteiger partial charge is 0.363 e. The van der Waals surface area contributed by atoms with E-state index in [-0.39, 0.29) is 29.1 Å². The van der Waals surface area contributed by atoms with Crippen LogP contribution in [0, 0.1) is 5.92 Å². The Balaban J connectivity index is 1.32. The number of anilines is 1. The van der Waals surface area contributed by atoms with Crippen molar-refractivity contribution in [3.8, 4) is 0 Å². The summed E-state index contributed by atoms with van der Waals surface area (Å²) < 4.78 is 42.9. The molecule has 5 rings (SSSR count). The second kappa shape index (κ2) is 9.54. The Morgan fingerprint density at radius 3 is 2.41 bits per heavy atom. The minimum absolute atomic E-state index is 0.0957. The van der Waals surface area contributed by atoms with Gasteiger partial charge in [0, 0.05) is 19.5 Å². The van der Waals surface area contributed by atoms with Gasteiger partial charge in [-0.2, -0.15) is 18.3 Å². The maximum Gasteiger partial charge on any atom is 0.410 e. The molecule has 0 saturated carbocycles. The summed E-state index contributed by atoms with van der Waals surface area (Å²) in [6.07, 6.45) is -1.64. The van der Waals surface area contributed by atoms with Crippen molar-refractivity contribution in [2.75, 3.05) is 18.4 Å². The predicted molar refractivity (Wildman–Crippen MR) is 138 cm³/mol. The molecule has 1 aromatic heterocycles. The number of rotatable bonds is 4. The van der Waals surface area contributed by atoms with Gasteiger partial charge in [0.1, 0.15) is 11.4 Å². The maximum absolute atomic E-state index is 14.0. The molecule has 3 atom stereocenters. The summed E-state index contributed by atoms with van der Waals surface area (Å²) in [5.74, 6) is 0.186. The van der Waals surface area contributed by atoms with Crippen LogP contribution in [-0.4, -0.2) is 39.9 Å². The number of alkyl halides is 3. The molecular formula is C29H33F3N4O. The number of amides is 1. The summed E-state index contributed by atoms with van der Waals surface area (Å²) in [6.45, 7) is 7.72.